The molecule has 160 valence electrons. The number of rotatable bonds is 9. The van der Waals surface area contributed by atoms with Gasteiger partial charge in [0.15, 0.2) is 6.10 Å². The number of aromatic nitrogens is 1. The highest BCUT2D eigenvalue weighted by Gasteiger charge is 2.14. The number of carboxylic acid groups (broad SMARTS) is 1. The van der Waals surface area contributed by atoms with Crippen molar-refractivity contribution in [2.45, 2.75) is 39.3 Å². The normalized spacial score (nSPS) is 12.3. The number of nitrogens with zero attached hydrogens (tertiary/aromatic N) is 1. The van der Waals surface area contributed by atoms with Crippen molar-refractivity contribution in [1.82, 2.24) is 4.57 Å². The third-order valence-electron chi connectivity index (χ3n) is 5.03. The van der Waals surface area contributed by atoms with Crippen LogP contribution in [0.5, 0.6) is 5.75 Å². The summed E-state index contributed by atoms with van der Waals surface area (Å²) in [5.41, 5.74) is 3.40. The summed E-state index contributed by atoms with van der Waals surface area (Å²) in [6, 6.07) is 18.7. The van der Waals surface area contributed by atoms with Crippen LogP contribution in [0.3, 0.4) is 0 Å². The Morgan fingerprint density at radius 3 is 2.45 bits per heavy atom. The highest BCUT2D eigenvalue weighted by atomic mass is 16.5. The van der Waals surface area contributed by atoms with E-state index in [0.717, 1.165) is 5.56 Å². The molecular formula is C26H27NO4. The van der Waals surface area contributed by atoms with Crippen LogP contribution >= 0.6 is 0 Å². The largest absolute Gasteiger partial charge is 0.479 e. The first-order valence-electron chi connectivity index (χ1n) is 10.3. The number of hydrogen-bond acceptors (Lipinski definition) is 3. The Morgan fingerprint density at radius 2 is 1.77 bits per heavy atom. The molecule has 5 heteroatoms. The van der Waals surface area contributed by atoms with E-state index in [1.54, 1.807) is 12.1 Å². The smallest absolute Gasteiger partial charge is 0.344 e. The molecule has 1 N–H and O–H groups in total. The second-order valence-corrected chi connectivity index (χ2v) is 7.72. The van der Waals surface area contributed by atoms with E-state index in [1.807, 2.05) is 71.4 Å². The molecule has 0 fully saturated rings. The molecule has 0 saturated heterocycles. The summed E-state index contributed by atoms with van der Waals surface area (Å²) in [5.74, 6) is -0.0931. The lowest BCUT2D eigenvalue weighted by Crippen LogP contribution is -2.22. The van der Waals surface area contributed by atoms with Crippen molar-refractivity contribution < 1.29 is 19.4 Å². The number of benzene rings is 2. The highest BCUT2D eigenvalue weighted by molar-refractivity contribution is 6.08. The monoisotopic (exact) mass is 417 g/mol. The molecule has 2 aromatic carbocycles. The quantitative estimate of drug-likeness (QED) is 0.473. The van der Waals surface area contributed by atoms with E-state index in [1.165, 1.54) is 12.5 Å². The average Bonchev–Trinajstić information content (AvgIpc) is 3.22. The zero-order valence-electron chi connectivity index (χ0n) is 18.0. The van der Waals surface area contributed by atoms with Gasteiger partial charge in [-0.05, 0) is 48.2 Å². The minimum Gasteiger partial charge on any atom is -0.479 e. The van der Waals surface area contributed by atoms with Crippen LogP contribution < -0.4 is 4.74 Å². The summed E-state index contributed by atoms with van der Waals surface area (Å²) in [4.78, 5) is 23.9. The molecule has 1 heterocycles. The molecule has 0 saturated carbocycles. The average molecular weight is 418 g/mol. The number of aliphatic carboxylic acids is 1. The van der Waals surface area contributed by atoms with Crippen molar-refractivity contribution in [2.75, 3.05) is 0 Å². The van der Waals surface area contributed by atoms with Gasteiger partial charge in [-0.3, -0.25) is 4.79 Å². The van der Waals surface area contributed by atoms with E-state index in [2.05, 4.69) is 13.8 Å². The first kappa shape index (κ1) is 22.1. The number of carboxylic acids is 1. The molecule has 0 aliphatic carbocycles. The first-order chi connectivity index (χ1) is 14.8. The van der Waals surface area contributed by atoms with Crippen LogP contribution in [0.15, 0.2) is 72.9 Å². The standard InChI is InChI=1S/C26H27NO4/c1-18(2)21-11-13-22(14-12-21)25(28)24-10-6-16-27(24)15-5-8-20-7-4-9-23(17-20)31-19(3)26(29)30/h4-14,16-19H,15H2,1-3H3,(H,29,30)/t19-/m0/s1. The topological polar surface area (TPSA) is 68.5 Å². The maximum absolute atomic E-state index is 12.9. The van der Waals surface area contributed by atoms with Crippen LogP contribution in [0, 0.1) is 0 Å². The molecule has 3 aromatic rings. The van der Waals surface area contributed by atoms with Crippen LogP contribution in [0.2, 0.25) is 0 Å². The van der Waals surface area contributed by atoms with Gasteiger partial charge < -0.3 is 14.4 Å². The van der Waals surface area contributed by atoms with Gasteiger partial charge in [-0.25, -0.2) is 4.79 Å². The zero-order chi connectivity index (χ0) is 22.4. The summed E-state index contributed by atoms with van der Waals surface area (Å²) in [5, 5.41) is 8.98. The molecule has 0 bridgehead atoms. The van der Waals surface area contributed by atoms with Gasteiger partial charge in [0.1, 0.15) is 5.75 Å². The summed E-state index contributed by atoms with van der Waals surface area (Å²) < 4.78 is 7.31. The Balaban J connectivity index is 1.69. The lowest BCUT2D eigenvalue weighted by Gasteiger charge is -2.10. The Labute approximate surface area is 182 Å². The van der Waals surface area contributed by atoms with Crippen molar-refractivity contribution in [3.63, 3.8) is 0 Å². The Morgan fingerprint density at radius 1 is 1.03 bits per heavy atom. The summed E-state index contributed by atoms with van der Waals surface area (Å²) in [7, 11) is 0. The van der Waals surface area contributed by atoms with Crippen LogP contribution in [-0.2, 0) is 11.3 Å². The minimum atomic E-state index is -1.01. The first-order valence-corrected chi connectivity index (χ1v) is 10.3. The second-order valence-electron chi connectivity index (χ2n) is 7.72. The van der Waals surface area contributed by atoms with Gasteiger partial charge in [0, 0.05) is 18.3 Å². The highest BCUT2D eigenvalue weighted by Crippen LogP contribution is 2.18. The van der Waals surface area contributed by atoms with E-state index in [-0.39, 0.29) is 5.78 Å². The van der Waals surface area contributed by atoms with Crippen LogP contribution in [0.1, 0.15) is 53.9 Å². The molecule has 1 aromatic heterocycles. The van der Waals surface area contributed by atoms with Crippen molar-refractivity contribution in [3.05, 3.63) is 95.3 Å². The molecule has 31 heavy (non-hydrogen) atoms. The zero-order valence-corrected chi connectivity index (χ0v) is 18.0. The summed E-state index contributed by atoms with van der Waals surface area (Å²) in [6.45, 7) is 6.28. The van der Waals surface area contributed by atoms with Gasteiger partial charge in [-0.1, -0.05) is 62.4 Å². The van der Waals surface area contributed by atoms with Gasteiger partial charge >= 0.3 is 5.97 Å². The fourth-order valence-corrected chi connectivity index (χ4v) is 3.20. The molecule has 0 aliphatic heterocycles. The van der Waals surface area contributed by atoms with E-state index in [0.29, 0.717) is 29.5 Å². The number of carbonyl (C=O) groups is 2. The molecule has 0 aliphatic rings. The summed E-state index contributed by atoms with van der Waals surface area (Å²) >= 11 is 0. The fourth-order valence-electron chi connectivity index (χ4n) is 3.20. The number of hydrogen-bond donors (Lipinski definition) is 1. The summed E-state index contributed by atoms with van der Waals surface area (Å²) in [6.07, 6.45) is 4.85. The third kappa shape index (κ3) is 5.72. The van der Waals surface area contributed by atoms with E-state index >= 15 is 0 Å². The number of allylic oxidation sites excluding steroid dienone is 1. The fraction of sp³-hybridized carbons (Fsp3) is 0.231. The Bertz CT molecular complexity index is 1080. The Hall–Kier alpha value is -3.60. The lowest BCUT2D eigenvalue weighted by atomic mass is 10.00. The predicted octanol–water partition coefficient (Wildman–Crippen LogP) is 5.41. The van der Waals surface area contributed by atoms with Crippen LogP contribution in [-0.4, -0.2) is 27.5 Å². The SMILES string of the molecule is CC(C)c1ccc(C(=O)c2cccn2CC=Cc2cccc(O[C@@H](C)C(=O)O)c2)cc1. The van der Waals surface area contributed by atoms with Crippen molar-refractivity contribution in [1.29, 1.82) is 0 Å². The van der Waals surface area contributed by atoms with E-state index in [9.17, 15) is 9.59 Å². The lowest BCUT2D eigenvalue weighted by molar-refractivity contribution is -0.144. The molecule has 0 amide bonds. The predicted molar refractivity (Wildman–Crippen MR) is 122 cm³/mol. The molecule has 5 nitrogen and oxygen atoms in total. The maximum Gasteiger partial charge on any atom is 0.344 e. The number of ketones is 1. The van der Waals surface area contributed by atoms with Gasteiger partial charge in [-0.15, -0.1) is 0 Å². The van der Waals surface area contributed by atoms with Crippen molar-refractivity contribution >= 4 is 17.8 Å². The van der Waals surface area contributed by atoms with Crippen molar-refractivity contribution in [2.24, 2.45) is 0 Å². The molecular weight excluding hydrogens is 390 g/mol. The van der Waals surface area contributed by atoms with Gasteiger partial charge in [0.05, 0.1) is 5.69 Å². The molecule has 0 unspecified atom stereocenters. The second kappa shape index (κ2) is 9.94. The molecule has 0 radical (unpaired) electrons. The van der Waals surface area contributed by atoms with E-state index in [4.69, 9.17) is 9.84 Å². The van der Waals surface area contributed by atoms with Crippen LogP contribution in [0.4, 0.5) is 0 Å². The minimum absolute atomic E-state index is 0.00763. The van der Waals surface area contributed by atoms with Gasteiger partial charge in [-0.2, -0.15) is 0 Å². The molecule has 0 spiro atoms. The van der Waals surface area contributed by atoms with Crippen LogP contribution in [0.25, 0.3) is 6.08 Å². The Kier molecular flexibility index (Phi) is 7.08. The maximum atomic E-state index is 12.9. The molecule has 1 atom stereocenters. The van der Waals surface area contributed by atoms with Gasteiger partial charge in [0.2, 0.25) is 5.78 Å². The van der Waals surface area contributed by atoms with E-state index < -0.39 is 12.1 Å². The number of ether oxygens (including phenoxy) is 1. The third-order valence-corrected chi connectivity index (χ3v) is 5.03. The van der Waals surface area contributed by atoms with Crippen molar-refractivity contribution in [3.8, 4) is 5.75 Å². The molecule has 3 rings (SSSR count). The number of carbonyl (C=O) groups excluding carboxylic acids is 1. The van der Waals surface area contributed by atoms with Gasteiger partial charge in [0.25, 0.3) is 0 Å².